The number of pyridine rings is 1. The van der Waals surface area contributed by atoms with Crippen molar-refractivity contribution in [2.75, 3.05) is 0 Å². The Morgan fingerprint density at radius 1 is 1.11 bits per heavy atom. The Morgan fingerprint density at radius 2 is 1.93 bits per heavy atom. The van der Waals surface area contributed by atoms with Gasteiger partial charge in [0.2, 0.25) is 0 Å². The summed E-state index contributed by atoms with van der Waals surface area (Å²) >= 11 is 6.34. The van der Waals surface area contributed by atoms with Gasteiger partial charge in [0.25, 0.3) is 0 Å². The number of nitrogens with zero attached hydrogens (tertiary/aromatic N) is 4. The van der Waals surface area contributed by atoms with Crippen molar-refractivity contribution in [2.45, 2.75) is 20.5 Å². The minimum absolute atomic E-state index is 0.388. The lowest BCUT2D eigenvalue weighted by atomic mass is 10.1. The maximum atomic E-state index is 6.34. The second-order valence-electron chi connectivity index (χ2n) is 6.49. The van der Waals surface area contributed by atoms with Gasteiger partial charge >= 0.3 is 0 Å². The molecule has 0 saturated heterocycles. The van der Waals surface area contributed by atoms with Crippen molar-refractivity contribution < 1.29 is 4.74 Å². The number of halogens is 1. The fourth-order valence-electron chi connectivity index (χ4n) is 3.19. The number of hydrogen-bond donors (Lipinski definition) is 0. The van der Waals surface area contributed by atoms with Crippen LogP contribution in [0.1, 0.15) is 16.8 Å². The van der Waals surface area contributed by atoms with Gasteiger partial charge in [-0.3, -0.25) is 0 Å². The van der Waals surface area contributed by atoms with Crippen molar-refractivity contribution in [3.8, 4) is 17.1 Å². The third-order valence-electron chi connectivity index (χ3n) is 4.61. The summed E-state index contributed by atoms with van der Waals surface area (Å²) in [5.74, 6) is 1.52. The Bertz CT molecular complexity index is 1120. The number of aromatic nitrogens is 4. The van der Waals surface area contributed by atoms with Crippen molar-refractivity contribution in [2.24, 2.45) is 7.05 Å². The molecule has 0 N–H and O–H groups in total. The second kappa shape index (κ2) is 7.00. The fourth-order valence-corrected chi connectivity index (χ4v) is 3.47. The molecular weight excluding hydrogens is 360 g/mol. The minimum atomic E-state index is 0.388. The Balaban J connectivity index is 1.79. The van der Waals surface area contributed by atoms with E-state index in [1.165, 1.54) is 0 Å². The van der Waals surface area contributed by atoms with Gasteiger partial charge in [0.1, 0.15) is 24.2 Å². The van der Waals surface area contributed by atoms with E-state index in [0.717, 1.165) is 44.9 Å². The highest BCUT2D eigenvalue weighted by atomic mass is 35.5. The summed E-state index contributed by atoms with van der Waals surface area (Å²) in [6, 6.07) is 13.8. The highest BCUT2D eigenvalue weighted by molar-refractivity contribution is 6.31. The molecule has 0 fully saturated rings. The summed E-state index contributed by atoms with van der Waals surface area (Å²) in [6.07, 6.45) is 1.55. The first-order valence-corrected chi connectivity index (χ1v) is 9.04. The summed E-state index contributed by atoms with van der Waals surface area (Å²) in [7, 11) is 1.88. The average molecular weight is 379 g/mol. The van der Waals surface area contributed by atoms with Crippen LogP contribution in [-0.2, 0) is 13.7 Å². The van der Waals surface area contributed by atoms with Crippen LogP contribution in [0.2, 0.25) is 5.02 Å². The van der Waals surface area contributed by atoms with Gasteiger partial charge in [-0.1, -0.05) is 35.9 Å². The van der Waals surface area contributed by atoms with Crippen LogP contribution in [0.25, 0.3) is 22.3 Å². The molecule has 0 spiro atoms. The van der Waals surface area contributed by atoms with E-state index in [2.05, 4.69) is 10.1 Å². The first-order valence-electron chi connectivity index (χ1n) is 8.66. The standard InChI is InChI=1S/C21H19ClN4O/c1-13-6-4-8-18(22)17(13)11-27-19-9-5-7-15-16(10-14(2)25-20(15)19)21-23-12-24-26(21)3/h4-10,12H,11H2,1-3H3. The van der Waals surface area contributed by atoms with E-state index in [0.29, 0.717) is 11.6 Å². The lowest BCUT2D eigenvalue weighted by Crippen LogP contribution is -2.01. The highest BCUT2D eigenvalue weighted by Crippen LogP contribution is 2.33. The third-order valence-corrected chi connectivity index (χ3v) is 4.96. The molecular formula is C21H19ClN4O. The number of benzene rings is 2. The van der Waals surface area contributed by atoms with Crippen molar-refractivity contribution in [3.05, 3.63) is 70.6 Å². The first kappa shape index (κ1) is 17.5. The minimum Gasteiger partial charge on any atom is -0.487 e. The van der Waals surface area contributed by atoms with Gasteiger partial charge in [0.05, 0.1) is 0 Å². The van der Waals surface area contributed by atoms with E-state index in [-0.39, 0.29) is 0 Å². The molecule has 4 rings (SSSR count). The highest BCUT2D eigenvalue weighted by Gasteiger charge is 2.14. The van der Waals surface area contributed by atoms with E-state index in [4.69, 9.17) is 21.3 Å². The van der Waals surface area contributed by atoms with Gasteiger partial charge in [-0.2, -0.15) is 5.10 Å². The fraction of sp³-hybridized carbons (Fsp3) is 0.190. The number of ether oxygens (including phenoxy) is 1. The Labute approximate surface area is 162 Å². The number of fused-ring (bicyclic) bond motifs is 1. The van der Waals surface area contributed by atoms with Gasteiger partial charge in [-0.15, -0.1) is 0 Å². The monoisotopic (exact) mass is 378 g/mol. The predicted molar refractivity (Wildman–Crippen MR) is 107 cm³/mol. The number of rotatable bonds is 4. The molecule has 27 heavy (non-hydrogen) atoms. The average Bonchev–Trinajstić information content (AvgIpc) is 3.06. The maximum absolute atomic E-state index is 6.34. The van der Waals surface area contributed by atoms with Gasteiger partial charge in [0.15, 0.2) is 5.82 Å². The Hall–Kier alpha value is -2.92. The molecule has 5 nitrogen and oxygen atoms in total. The van der Waals surface area contributed by atoms with E-state index < -0.39 is 0 Å². The molecule has 4 aromatic rings. The molecule has 0 aliphatic heterocycles. The normalized spacial score (nSPS) is 11.1. The lowest BCUT2D eigenvalue weighted by Gasteiger charge is -2.14. The zero-order valence-electron chi connectivity index (χ0n) is 15.4. The van der Waals surface area contributed by atoms with Crippen LogP contribution >= 0.6 is 11.6 Å². The van der Waals surface area contributed by atoms with Crippen LogP contribution in [0.15, 0.2) is 48.8 Å². The lowest BCUT2D eigenvalue weighted by molar-refractivity contribution is 0.308. The second-order valence-corrected chi connectivity index (χ2v) is 6.90. The van der Waals surface area contributed by atoms with Crippen molar-refractivity contribution in [1.82, 2.24) is 19.7 Å². The SMILES string of the molecule is Cc1cc(-c2ncnn2C)c2cccc(OCc3c(C)cccc3Cl)c2n1. The van der Waals surface area contributed by atoms with Crippen LogP contribution in [-0.4, -0.2) is 19.7 Å². The summed E-state index contributed by atoms with van der Waals surface area (Å²) in [6.45, 7) is 4.39. The van der Waals surface area contributed by atoms with Crippen molar-refractivity contribution in [3.63, 3.8) is 0 Å². The van der Waals surface area contributed by atoms with E-state index in [1.807, 2.05) is 63.4 Å². The summed E-state index contributed by atoms with van der Waals surface area (Å²) in [5, 5.41) is 5.87. The van der Waals surface area contributed by atoms with Gasteiger partial charge < -0.3 is 4.74 Å². The van der Waals surface area contributed by atoms with Crippen LogP contribution < -0.4 is 4.74 Å². The van der Waals surface area contributed by atoms with E-state index >= 15 is 0 Å². The molecule has 0 radical (unpaired) electrons. The summed E-state index contributed by atoms with van der Waals surface area (Å²) in [4.78, 5) is 9.11. The van der Waals surface area contributed by atoms with Gasteiger partial charge in [-0.05, 0) is 37.6 Å². The summed E-state index contributed by atoms with van der Waals surface area (Å²) < 4.78 is 7.89. The molecule has 2 heterocycles. The zero-order chi connectivity index (χ0) is 19.0. The van der Waals surface area contributed by atoms with Crippen LogP contribution in [0.5, 0.6) is 5.75 Å². The van der Waals surface area contributed by atoms with Crippen LogP contribution in [0.3, 0.4) is 0 Å². The zero-order valence-corrected chi connectivity index (χ0v) is 16.2. The Morgan fingerprint density at radius 3 is 2.67 bits per heavy atom. The maximum Gasteiger partial charge on any atom is 0.158 e. The topological polar surface area (TPSA) is 52.8 Å². The van der Waals surface area contributed by atoms with Gasteiger partial charge in [-0.25, -0.2) is 14.6 Å². The van der Waals surface area contributed by atoms with Crippen molar-refractivity contribution in [1.29, 1.82) is 0 Å². The predicted octanol–water partition coefficient (Wildman–Crippen LogP) is 4.88. The molecule has 0 unspecified atom stereocenters. The van der Waals surface area contributed by atoms with E-state index in [9.17, 15) is 0 Å². The molecule has 0 bridgehead atoms. The molecule has 6 heteroatoms. The number of aryl methyl sites for hydroxylation is 3. The number of para-hydroxylation sites is 1. The van der Waals surface area contributed by atoms with Crippen molar-refractivity contribution >= 4 is 22.5 Å². The van der Waals surface area contributed by atoms with Crippen LogP contribution in [0, 0.1) is 13.8 Å². The molecule has 0 saturated carbocycles. The Kier molecular flexibility index (Phi) is 4.54. The molecule has 0 amide bonds. The molecule has 0 atom stereocenters. The smallest absolute Gasteiger partial charge is 0.158 e. The molecule has 136 valence electrons. The first-order chi connectivity index (χ1) is 13.0. The molecule has 0 aliphatic rings. The molecule has 2 aromatic heterocycles. The van der Waals surface area contributed by atoms with E-state index in [1.54, 1.807) is 11.0 Å². The summed E-state index contributed by atoms with van der Waals surface area (Å²) in [5.41, 5.74) is 4.77. The third kappa shape index (κ3) is 3.26. The van der Waals surface area contributed by atoms with Crippen LogP contribution in [0.4, 0.5) is 0 Å². The number of hydrogen-bond acceptors (Lipinski definition) is 4. The largest absolute Gasteiger partial charge is 0.487 e. The quantitative estimate of drug-likeness (QED) is 0.508. The van der Waals surface area contributed by atoms with Gasteiger partial charge in [0, 0.05) is 34.3 Å². The molecule has 2 aromatic carbocycles. The molecule has 0 aliphatic carbocycles.